The largest absolute Gasteiger partial charge is 0.376 e. The number of methoxy groups -OCH3 is 1. The van der Waals surface area contributed by atoms with Crippen molar-refractivity contribution < 1.29 is 9.53 Å². The molecule has 0 aromatic heterocycles. The normalized spacial score (nSPS) is 8.69. The number of rotatable bonds is 2. The number of carbonyl (C=O) groups is 1. The Bertz CT molecular complexity index is 330. The zero-order chi connectivity index (χ0) is 9.52. The lowest BCUT2D eigenvalue weighted by Crippen LogP contribution is -2.02. The van der Waals surface area contributed by atoms with Crippen molar-refractivity contribution in [2.24, 2.45) is 0 Å². The van der Waals surface area contributed by atoms with E-state index in [-0.39, 0.29) is 12.4 Å². The van der Waals surface area contributed by atoms with Gasteiger partial charge in [-0.25, -0.2) is 0 Å². The van der Waals surface area contributed by atoms with Crippen LogP contribution in [0.3, 0.4) is 0 Å². The highest BCUT2D eigenvalue weighted by molar-refractivity contribution is 5.96. The second kappa shape index (κ2) is 5.13. The van der Waals surface area contributed by atoms with Crippen LogP contribution in [0.1, 0.15) is 5.56 Å². The van der Waals surface area contributed by atoms with E-state index in [4.69, 9.17) is 0 Å². The number of ether oxygens (including phenoxy) is 1. The van der Waals surface area contributed by atoms with Gasteiger partial charge in [-0.2, -0.15) is 0 Å². The first-order chi connectivity index (χ1) is 6.33. The van der Waals surface area contributed by atoms with E-state index in [1.165, 1.54) is 7.11 Å². The Labute approximate surface area is 77.5 Å². The zero-order valence-electron chi connectivity index (χ0n) is 7.41. The molecule has 0 radical (unpaired) electrons. The molecule has 0 unspecified atom stereocenters. The van der Waals surface area contributed by atoms with Crippen molar-refractivity contribution >= 4 is 5.78 Å². The molecular weight excluding hydrogens is 164 g/mol. The number of Topliss-reactive ketones (excluding diaryl/α,β-unsaturated/α-hetero) is 1. The molecule has 0 heterocycles. The molecule has 0 N–H and O–H groups in total. The second-order valence-electron chi connectivity index (χ2n) is 2.47. The maximum absolute atomic E-state index is 10.9. The van der Waals surface area contributed by atoms with Gasteiger partial charge in [0.15, 0.2) is 0 Å². The minimum absolute atomic E-state index is 0.0554. The van der Waals surface area contributed by atoms with E-state index in [0.717, 1.165) is 5.56 Å². The maximum atomic E-state index is 10.9. The Balaban J connectivity index is 2.62. The molecule has 0 spiro atoms. The molecule has 0 bridgehead atoms. The number of ketones is 1. The smallest absolute Gasteiger partial charge is 0.231 e. The summed E-state index contributed by atoms with van der Waals surface area (Å²) in [5.41, 5.74) is 0.840. The maximum Gasteiger partial charge on any atom is 0.231 e. The molecule has 2 nitrogen and oxygen atoms in total. The summed E-state index contributed by atoms with van der Waals surface area (Å²) in [6.07, 6.45) is 0. The van der Waals surface area contributed by atoms with Crippen molar-refractivity contribution in [1.82, 2.24) is 0 Å². The van der Waals surface area contributed by atoms with E-state index in [2.05, 4.69) is 16.6 Å². The topological polar surface area (TPSA) is 26.3 Å². The van der Waals surface area contributed by atoms with Crippen LogP contribution in [0.25, 0.3) is 0 Å². The Morgan fingerprint density at radius 1 is 1.38 bits per heavy atom. The molecule has 0 amide bonds. The van der Waals surface area contributed by atoms with Gasteiger partial charge in [-0.1, -0.05) is 24.1 Å². The Morgan fingerprint density at radius 2 is 2.08 bits per heavy atom. The van der Waals surface area contributed by atoms with Crippen LogP contribution in [-0.4, -0.2) is 19.5 Å². The Hall–Kier alpha value is -1.59. The lowest BCUT2D eigenvalue weighted by molar-refractivity contribution is -0.117. The van der Waals surface area contributed by atoms with Crippen molar-refractivity contribution in [2.45, 2.75) is 0 Å². The van der Waals surface area contributed by atoms with Crippen molar-refractivity contribution in [1.29, 1.82) is 0 Å². The predicted molar refractivity (Wildman–Crippen MR) is 50.2 cm³/mol. The van der Waals surface area contributed by atoms with E-state index in [1.807, 2.05) is 30.3 Å². The van der Waals surface area contributed by atoms with Crippen LogP contribution in [0.4, 0.5) is 0 Å². The first-order valence-electron chi connectivity index (χ1n) is 3.92. The number of carbonyl (C=O) groups excluding carboxylic acids is 1. The summed E-state index contributed by atoms with van der Waals surface area (Å²) in [5, 5.41) is 0. The predicted octanol–water partition coefficient (Wildman–Crippen LogP) is 1.25. The molecule has 1 aromatic carbocycles. The summed E-state index contributed by atoms with van der Waals surface area (Å²) in [4.78, 5) is 10.9. The average Bonchev–Trinajstić information content (AvgIpc) is 2.17. The fourth-order valence-electron chi connectivity index (χ4n) is 0.831. The van der Waals surface area contributed by atoms with Crippen molar-refractivity contribution in [3.05, 3.63) is 35.9 Å². The number of benzene rings is 1. The van der Waals surface area contributed by atoms with Crippen LogP contribution in [0.15, 0.2) is 30.3 Å². The molecule has 0 aliphatic rings. The van der Waals surface area contributed by atoms with Crippen LogP contribution in [0, 0.1) is 11.8 Å². The van der Waals surface area contributed by atoms with Crippen molar-refractivity contribution in [3.63, 3.8) is 0 Å². The highest BCUT2D eigenvalue weighted by atomic mass is 16.5. The molecule has 0 atom stereocenters. The summed E-state index contributed by atoms with van der Waals surface area (Å²) in [6.45, 7) is 0.0554. The molecule has 66 valence electrons. The van der Waals surface area contributed by atoms with E-state index in [0.29, 0.717) is 0 Å². The summed E-state index contributed by atoms with van der Waals surface area (Å²) in [7, 11) is 1.47. The molecule has 1 aromatic rings. The van der Waals surface area contributed by atoms with Crippen molar-refractivity contribution in [2.75, 3.05) is 13.7 Å². The molecular formula is C11H10O2. The SMILES string of the molecule is COCC(=O)C#Cc1ccccc1. The molecule has 0 saturated carbocycles. The highest BCUT2D eigenvalue weighted by Gasteiger charge is 1.92. The van der Waals surface area contributed by atoms with Crippen LogP contribution >= 0.6 is 0 Å². The van der Waals surface area contributed by atoms with E-state index in [1.54, 1.807) is 0 Å². The minimum Gasteiger partial charge on any atom is -0.376 e. The van der Waals surface area contributed by atoms with Gasteiger partial charge in [-0.3, -0.25) is 4.79 Å². The van der Waals surface area contributed by atoms with Crippen molar-refractivity contribution in [3.8, 4) is 11.8 Å². The van der Waals surface area contributed by atoms with E-state index < -0.39 is 0 Å². The van der Waals surface area contributed by atoms with Gasteiger partial charge < -0.3 is 4.74 Å². The second-order valence-corrected chi connectivity index (χ2v) is 2.47. The lowest BCUT2D eigenvalue weighted by atomic mass is 10.2. The number of hydrogen-bond acceptors (Lipinski definition) is 2. The summed E-state index contributed by atoms with van der Waals surface area (Å²) < 4.78 is 4.64. The first-order valence-corrected chi connectivity index (χ1v) is 3.92. The third kappa shape index (κ3) is 3.55. The monoisotopic (exact) mass is 174 g/mol. The molecule has 13 heavy (non-hydrogen) atoms. The first kappa shape index (κ1) is 9.50. The summed E-state index contributed by atoms with van der Waals surface area (Å²) in [6, 6.07) is 9.37. The lowest BCUT2D eigenvalue weighted by Gasteiger charge is -1.88. The zero-order valence-corrected chi connectivity index (χ0v) is 7.41. The third-order valence-corrected chi connectivity index (χ3v) is 1.40. The van der Waals surface area contributed by atoms with Gasteiger partial charge in [-0.05, 0) is 18.1 Å². The van der Waals surface area contributed by atoms with Crippen LogP contribution in [-0.2, 0) is 9.53 Å². The fraction of sp³-hybridized carbons (Fsp3) is 0.182. The Morgan fingerprint density at radius 3 is 2.69 bits per heavy atom. The van der Waals surface area contributed by atoms with Gasteiger partial charge in [0.2, 0.25) is 5.78 Å². The molecule has 0 aliphatic heterocycles. The summed E-state index contributed by atoms with van der Waals surface area (Å²) >= 11 is 0. The minimum atomic E-state index is -0.202. The molecule has 0 aliphatic carbocycles. The molecule has 0 saturated heterocycles. The quantitative estimate of drug-likeness (QED) is 0.631. The van der Waals surface area contributed by atoms with Crippen LogP contribution in [0.2, 0.25) is 0 Å². The van der Waals surface area contributed by atoms with E-state index in [9.17, 15) is 4.79 Å². The third-order valence-electron chi connectivity index (χ3n) is 1.40. The fourth-order valence-corrected chi connectivity index (χ4v) is 0.831. The van der Waals surface area contributed by atoms with E-state index >= 15 is 0 Å². The molecule has 2 heteroatoms. The molecule has 1 rings (SSSR count). The van der Waals surface area contributed by atoms with Gasteiger partial charge in [0.05, 0.1) is 0 Å². The highest BCUT2D eigenvalue weighted by Crippen LogP contribution is 1.94. The molecule has 0 fully saturated rings. The van der Waals surface area contributed by atoms with Gasteiger partial charge in [0, 0.05) is 12.7 Å². The average molecular weight is 174 g/mol. The number of hydrogen-bond donors (Lipinski definition) is 0. The van der Waals surface area contributed by atoms with Crippen LogP contribution in [0.5, 0.6) is 0 Å². The van der Waals surface area contributed by atoms with Gasteiger partial charge in [0.25, 0.3) is 0 Å². The van der Waals surface area contributed by atoms with Gasteiger partial charge >= 0.3 is 0 Å². The standard InChI is InChI=1S/C11H10O2/c1-13-9-11(12)8-7-10-5-3-2-4-6-10/h2-6H,9H2,1H3. The van der Waals surface area contributed by atoms with Gasteiger partial charge in [-0.15, -0.1) is 0 Å². The summed E-state index contributed by atoms with van der Waals surface area (Å²) in [5.74, 6) is 5.03. The van der Waals surface area contributed by atoms with Gasteiger partial charge in [0.1, 0.15) is 6.61 Å². The Kier molecular flexibility index (Phi) is 3.74. The van der Waals surface area contributed by atoms with Crippen LogP contribution < -0.4 is 0 Å².